The maximum absolute atomic E-state index is 11.9. The van der Waals surface area contributed by atoms with E-state index >= 15 is 0 Å². The second kappa shape index (κ2) is 5.42. The van der Waals surface area contributed by atoms with Crippen molar-refractivity contribution in [2.75, 3.05) is 5.75 Å². The summed E-state index contributed by atoms with van der Waals surface area (Å²) in [6.45, 7) is 0. The molecule has 6 nitrogen and oxygen atoms in total. The normalized spacial score (nSPS) is 11.4. The molecule has 0 aliphatic carbocycles. The number of hydrogen-bond donors (Lipinski definition) is 1. The van der Waals surface area contributed by atoms with Crippen LogP contribution in [0.1, 0.15) is 0 Å². The predicted octanol–water partition coefficient (Wildman–Crippen LogP) is 0.712. The van der Waals surface area contributed by atoms with Crippen LogP contribution in [0.2, 0.25) is 5.02 Å². The third-order valence-corrected chi connectivity index (χ3v) is 6.89. The van der Waals surface area contributed by atoms with E-state index in [0.717, 1.165) is 0 Å². The van der Waals surface area contributed by atoms with Gasteiger partial charge in [0.15, 0.2) is 0 Å². The first kappa shape index (κ1) is 14.2. The van der Waals surface area contributed by atoms with Gasteiger partial charge in [-0.15, -0.1) is 0 Å². The predicted molar refractivity (Wildman–Crippen MR) is 69.1 cm³/mol. The average Bonchev–Trinajstić information content (AvgIpc) is 2.78. The molecule has 0 saturated heterocycles. The molecule has 0 aliphatic rings. The van der Waals surface area contributed by atoms with Gasteiger partial charge < -0.3 is 0 Å². The molecule has 0 unspecified atom stereocenters. The van der Waals surface area contributed by atoms with Crippen LogP contribution in [0.25, 0.3) is 11.3 Å². The Bertz CT molecular complexity index is 711. The van der Waals surface area contributed by atoms with Crippen molar-refractivity contribution in [1.82, 2.24) is 9.19 Å². The first-order valence-corrected chi connectivity index (χ1v) is 8.58. The number of halogens is 1. The number of carbonyl (C=O) groups is 1. The van der Waals surface area contributed by atoms with Crippen LogP contribution < -0.4 is 0 Å². The van der Waals surface area contributed by atoms with Crippen molar-refractivity contribution in [2.24, 2.45) is 0 Å². The van der Waals surface area contributed by atoms with E-state index < -0.39 is 36.3 Å². The van der Waals surface area contributed by atoms with Crippen LogP contribution in [0.3, 0.4) is 0 Å². The molecule has 1 aromatic heterocycles. The third kappa shape index (κ3) is 3.22. The molecule has 0 aliphatic heterocycles. The molecule has 1 aromatic carbocycles. The van der Waals surface area contributed by atoms with Crippen LogP contribution in [-0.2, 0) is 14.6 Å². The fourth-order valence-electron chi connectivity index (χ4n) is 1.40. The zero-order chi connectivity index (χ0) is 14.0. The summed E-state index contributed by atoms with van der Waals surface area (Å²) in [6, 6.07) is 6.45. The molecule has 2 rings (SSSR count). The van der Waals surface area contributed by atoms with Gasteiger partial charge in [0, 0.05) is 0 Å². The van der Waals surface area contributed by atoms with Gasteiger partial charge in [-0.2, -0.15) is 0 Å². The minimum absolute atomic E-state index is 0.00952. The summed E-state index contributed by atoms with van der Waals surface area (Å²) in [5, 5.41) is 13.0. The van der Waals surface area contributed by atoms with Crippen molar-refractivity contribution >= 4 is 42.1 Å². The molecular weight excluding hydrogens is 359 g/mol. The van der Waals surface area contributed by atoms with Crippen molar-refractivity contribution < 1.29 is 18.3 Å². The second-order valence-electron chi connectivity index (χ2n) is 3.57. The van der Waals surface area contributed by atoms with E-state index in [4.69, 9.17) is 16.7 Å². The number of hydrogen-bond acceptors (Lipinski definition) is 5. The van der Waals surface area contributed by atoms with Crippen LogP contribution in [-0.4, -0.2) is 49.2 Å². The van der Waals surface area contributed by atoms with Crippen LogP contribution in [0, 0.1) is 0 Å². The summed E-state index contributed by atoms with van der Waals surface area (Å²) >= 11 is 5.03. The molecule has 1 heterocycles. The van der Waals surface area contributed by atoms with Gasteiger partial charge in [-0.05, 0) is 0 Å². The van der Waals surface area contributed by atoms with E-state index in [1.165, 1.54) is 0 Å². The van der Waals surface area contributed by atoms with Crippen LogP contribution >= 0.6 is 11.6 Å². The summed E-state index contributed by atoms with van der Waals surface area (Å²) in [4.78, 5) is 10.6. The molecule has 2 aromatic rings. The zero-order valence-corrected chi connectivity index (χ0v) is 12.6. The molecule has 100 valence electrons. The van der Waals surface area contributed by atoms with E-state index in [9.17, 15) is 13.2 Å². The Balaban J connectivity index is 2.48. The standard InChI is InChI=1S/C10H7ClN2O4SSe/c11-7-3-1-6(2-4-7)9-10(19-13-12-9)18(16,17)5-8(14)15/h1-4H,5H2,(H,14,15). The Hall–Kier alpha value is -1.21. The number of sulfone groups is 1. The maximum atomic E-state index is 11.9. The fraction of sp³-hybridized carbons (Fsp3) is 0.100. The van der Waals surface area contributed by atoms with Gasteiger partial charge in [0.05, 0.1) is 0 Å². The fourth-order valence-corrected chi connectivity index (χ4v) is 4.73. The molecule has 0 radical (unpaired) electrons. The first-order chi connectivity index (χ1) is 8.90. The van der Waals surface area contributed by atoms with E-state index in [-0.39, 0.29) is 9.46 Å². The van der Waals surface area contributed by atoms with Gasteiger partial charge in [-0.3, -0.25) is 0 Å². The van der Waals surface area contributed by atoms with Gasteiger partial charge in [0.25, 0.3) is 0 Å². The number of carboxylic acids is 1. The molecule has 0 atom stereocenters. The van der Waals surface area contributed by atoms with Crippen LogP contribution in [0.4, 0.5) is 0 Å². The quantitative estimate of drug-likeness (QED) is 0.802. The molecule has 0 fully saturated rings. The van der Waals surface area contributed by atoms with E-state index in [1.807, 2.05) is 0 Å². The SMILES string of the molecule is O=C(O)CS(=O)(=O)c1[se]nnc1-c1ccc(Cl)cc1. The van der Waals surface area contributed by atoms with Crippen molar-refractivity contribution in [1.29, 1.82) is 0 Å². The summed E-state index contributed by atoms with van der Waals surface area (Å²) in [5.74, 6) is -2.35. The monoisotopic (exact) mass is 366 g/mol. The molecule has 19 heavy (non-hydrogen) atoms. The first-order valence-electron chi connectivity index (χ1n) is 4.93. The summed E-state index contributed by atoms with van der Waals surface area (Å²) in [6.07, 6.45) is 0. The average molecular weight is 366 g/mol. The Kier molecular flexibility index (Phi) is 4.05. The molecule has 0 bridgehead atoms. The summed E-state index contributed by atoms with van der Waals surface area (Å²) < 4.78 is 27.6. The van der Waals surface area contributed by atoms with Crippen molar-refractivity contribution in [3.8, 4) is 11.3 Å². The van der Waals surface area contributed by atoms with Gasteiger partial charge in [0.2, 0.25) is 0 Å². The van der Waals surface area contributed by atoms with Crippen molar-refractivity contribution in [3.05, 3.63) is 29.3 Å². The van der Waals surface area contributed by atoms with Gasteiger partial charge >= 0.3 is 120 Å². The summed E-state index contributed by atoms with van der Waals surface area (Å²) in [5.41, 5.74) is 0.759. The zero-order valence-electron chi connectivity index (χ0n) is 9.28. The Labute approximate surface area is 119 Å². The number of aromatic nitrogens is 2. The Morgan fingerprint density at radius 1 is 1.32 bits per heavy atom. The van der Waals surface area contributed by atoms with E-state index in [2.05, 4.69) is 9.19 Å². The Morgan fingerprint density at radius 3 is 2.53 bits per heavy atom. The van der Waals surface area contributed by atoms with E-state index in [1.54, 1.807) is 24.3 Å². The number of carboxylic acid groups (broad SMARTS) is 1. The molecule has 0 saturated carbocycles. The van der Waals surface area contributed by atoms with Crippen LogP contribution in [0.15, 0.2) is 28.0 Å². The molecule has 0 spiro atoms. The molecular formula is C10H7ClN2O4SSe. The molecule has 1 N–H and O–H groups in total. The Morgan fingerprint density at radius 2 is 1.95 bits per heavy atom. The number of aliphatic carboxylic acids is 1. The topological polar surface area (TPSA) is 97.2 Å². The van der Waals surface area contributed by atoms with Gasteiger partial charge in [-0.1, -0.05) is 0 Å². The van der Waals surface area contributed by atoms with Crippen molar-refractivity contribution in [3.63, 3.8) is 0 Å². The molecule has 0 amide bonds. The van der Waals surface area contributed by atoms with E-state index in [0.29, 0.717) is 10.6 Å². The van der Waals surface area contributed by atoms with Crippen molar-refractivity contribution in [2.45, 2.75) is 3.77 Å². The minimum atomic E-state index is -3.88. The van der Waals surface area contributed by atoms with Gasteiger partial charge in [0.1, 0.15) is 0 Å². The number of benzene rings is 1. The molecule has 9 heteroatoms. The third-order valence-electron chi connectivity index (χ3n) is 2.17. The number of rotatable bonds is 4. The van der Waals surface area contributed by atoms with Crippen LogP contribution in [0.5, 0.6) is 0 Å². The second-order valence-corrected chi connectivity index (χ2v) is 8.10. The summed E-state index contributed by atoms with van der Waals surface area (Å²) in [7, 11) is -3.88. The van der Waals surface area contributed by atoms with Gasteiger partial charge in [-0.25, -0.2) is 0 Å². The number of nitrogens with zero attached hydrogens (tertiary/aromatic N) is 2.